The van der Waals surface area contributed by atoms with Crippen molar-refractivity contribution in [2.45, 2.75) is 0 Å². The Morgan fingerprint density at radius 3 is 2.48 bits per heavy atom. The second kappa shape index (κ2) is 6.70. The highest BCUT2D eigenvalue weighted by atomic mass is 35.5. The standard InChI is InChI=1S/C18H15N5O.ClH/c19-18-20-10-16(23-18)11-5-7-13(8-6-11)21-17(24)15-9-12-3-1-2-4-14(12)22-15;/h1-10,22H,(H,21,24)(H3,19,20,23);1H. The highest BCUT2D eigenvalue weighted by Gasteiger charge is 2.10. The maximum absolute atomic E-state index is 12.4. The molecule has 0 spiro atoms. The Morgan fingerprint density at radius 2 is 1.80 bits per heavy atom. The number of nitrogens with two attached hydrogens (primary N) is 1. The molecule has 25 heavy (non-hydrogen) atoms. The van der Waals surface area contributed by atoms with Gasteiger partial charge >= 0.3 is 0 Å². The second-order valence-corrected chi connectivity index (χ2v) is 5.48. The fraction of sp³-hybridized carbons (Fsp3) is 0. The van der Waals surface area contributed by atoms with Crippen LogP contribution in [0.15, 0.2) is 60.8 Å². The van der Waals surface area contributed by atoms with E-state index in [1.54, 1.807) is 6.20 Å². The third-order valence-corrected chi connectivity index (χ3v) is 3.82. The van der Waals surface area contributed by atoms with Crippen LogP contribution in [-0.4, -0.2) is 20.9 Å². The summed E-state index contributed by atoms with van der Waals surface area (Å²) >= 11 is 0. The molecule has 0 saturated heterocycles. The molecule has 2 heterocycles. The van der Waals surface area contributed by atoms with Gasteiger partial charge in [-0.05, 0) is 29.8 Å². The summed E-state index contributed by atoms with van der Waals surface area (Å²) < 4.78 is 0. The molecule has 6 nitrogen and oxygen atoms in total. The molecule has 0 bridgehead atoms. The average Bonchev–Trinajstić information content (AvgIpc) is 3.21. The smallest absolute Gasteiger partial charge is 0.272 e. The first-order valence-electron chi connectivity index (χ1n) is 7.49. The van der Waals surface area contributed by atoms with Crippen molar-refractivity contribution in [3.63, 3.8) is 0 Å². The average molecular weight is 354 g/mol. The molecule has 2 aromatic heterocycles. The molecule has 0 saturated carbocycles. The molecule has 0 radical (unpaired) electrons. The molecule has 7 heteroatoms. The van der Waals surface area contributed by atoms with Crippen LogP contribution in [0.5, 0.6) is 0 Å². The molecule has 0 fully saturated rings. The number of nitrogen functional groups attached to an aromatic ring is 1. The Hall–Kier alpha value is -3.25. The summed E-state index contributed by atoms with van der Waals surface area (Å²) in [7, 11) is 0. The summed E-state index contributed by atoms with van der Waals surface area (Å²) in [6.07, 6.45) is 1.67. The number of carbonyl (C=O) groups is 1. The lowest BCUT2D eigenvalue weighted by Gasteiger charge is -2.05. The van der Waals surface area contributed by atoms with E-state index >= 15 is 0 Å². The third-order valence-electron chi connectivity index (χ3n) is 3.82. The van der Waals surface area contributed by atoms with Crippen LogP contribution < -0.4 is 11.1 Å². The Morgan fingerprint density at radius 1 is 1.04 bits per heavy atom. The predicted molar refractivity (Wildman–Crippen MR) is 102 cm³/mol. The van der Waals surface area contributed by atoms with Gasteiger partial charge in [0.15, 0.2) is 5.95 Å². The summed E-state index contributed by atoms with van der Waals surface area (Å²) in [6, 6.07) is 17.1. The first kappa shape index (κ1) is 16.6. The number of imidazole rings is 1. The predicted octanol–water partition coefficient (Wildman–Crippen LogP) is 3.81. The van der Waals surface area contributed by atoms with Crippen LogP contribution >= 0.6 is 12.4 Å². The largest absolute Gasteiger partial charge is 0.369 e. The van der Waals surface area contributed by atoms with E-state index in [4.69, 9.17) is 5.73 Å². The third kappa shape index (κ3) is 3.34. The molecule has 126 valence electrons. The van der Waals surface area contributed by atoms with Gasteiger partial charge in [0, 0.05) is 16.6 Å². The zero-order valence-corrected chi connectivity index (χ0v) is 13.9. The number of nitrogens with zero attached hydrogens (tertiary/aromatic N) is 1. The number of nitrogens with one attached hydrogen (secondary N) is 3. The molecule has 0 atom stereocenters. The first-order chi connectivity index (χ1) is 11.7. The number of carbonyl (C=O) groups excluding carboxylic acids is 1. The van der Waals surface area contributed by atoms with Crippen LogP contribution in [0.1, 0.15) is 10.5 Å². The number of hydrogen-bond donors (Lipinski definition) is 4. The number of aromatic nitrogens is 3. The highest BCUT2D eigenvalue weighted by molar-refractivity contribution is 6.06. The van der Waals surface area contributed by atoms with Crippen molar-refractivity contribution in [1.82, 2.24) is 15.0 Å². The quantitative estimate of drug-likeness (QED) is 0.450. The SMILES string of the molecule is Cl.Nc1ncc(-c2ccc(NC(=O)c3cc4ccccc4[nH]3)cc2)[nH]1. The molecule has 1 amide bonds. The fourth-order valence-corrected chi connectivity index (χ4v) is 2.61. The van der Waals surface area contributed by atoms with Crippen LogP contribution in [0.25, 0.3) is 22.2 Å². The summed E-state index contributed by atoms with van der Waals surface area (Å²) in [5, 5.41) is 3.89. The maximum atomic E-state index is 12.4. The number of fused-ring (bicyclic) bond motifs is 1. The molecule has 0 aliphatic carbocycles. The Kier molecular flexibility index (Phi) is 4.45. The van der Waals surface area contributed by atoms with E-state index in [9.17, 15) is 4.79 Å². The molecule has 0 aliphatic heterocycles. The lowest BCUT2D eigenvalue weighted by Crippen LogP contribution is -2.12. The number of aromatic amines is 2. The minimum absolute atomic E-state index is 0. The second-order valence-electron chi connectivity index (χ2n) is 5.48. The molecule has 4 rings (SSSR count). The van der Waals surface area contributed by atoms with E-state index in [-0.39, 0.29) is 18.3 Å². The maximum Gasteiger partial charge on any atom is 0.272 e. The Labute approximate surface area is 149 Å². The number of anilines is 2. The molecular weight excluding hydrogens is 338 g/mol. The van der Waals surface area contributed by atoms with E-state index in [1.165, 1.54) is 0 Å². The highest BCUT2D eigenvalue weighted by Crippen LogP contribution is 2.21. The van der Waals surface area contributed by atoms with Crippen LogP contribution in [0, 0.1) is 0 Å². The zero-order chi connectivity index (χ0) is 16.5. The summed E-state index contributed by atoms with van der Waals surface area (Å²) in [5.41, 5.74) is 9.55. The minimum atomic E-state index is -0.176. The van der Waals surface area contributed by atoms with E-state index < -0.39 is 0 Å². The normalized spacial score (nSPS) is 10.4. The topological polar surface area (TPSA) is 99.6 Å². The number of rotatable bonds is 3. The minimum Gasteiger partial charge on any atom is -0.369 e. The molecule has 4 aromatic rings. The number of H-pyrrole nitrogens is 2. The van der Waals surface area contributed by atoms with Gasteiger partial charge in [0.05, 0.1) is 11.9 Å². The van der Waals surface area contributed by atoms with Crippen LogP contribution in [0.2, 0.25) is 0 Å². The molecule has 2 aromatic carbocycles. The van der Waals surface area contributed by atoms with E-state index in [2.05, 4.69) is 20.3 Å². The molecule has 5 N–H and O–H groups in total. The van der Waals surface area contributed by atoms with Gasteiger partial charge in [0.2, 0.25) is 0 Å². The van der Waals surface area contributed by atoms with Crippen molar-refractivity contribution in [1.29, 1.82) is 0 Å². The number of amides is 1. The lowest BCUT2D eigenvalue weighted by molar-refractivity contribution is 0.102. The van der Waals surface area contributed by atoms with Crippen LogP contribution in [0.3, 0.4) is 0 Å². The van der Waals surface area contributed by atoms with E-state index in [1.807, 2.05) is 54.6 Å². The number of hydrogen-bond acceptors (Lipinski definition) is 3. The van der Waals surface area contributed by atoms with E-state index in [0.717, 1.165) is 27.8 Å². The van der Waals surface area contributed by atoms with Gasteiger partial charge in [0.25, 0.3) is 5.91 Å². The van der Waals surface area contributed by atoms with Gasteiger partial charge in [-0.2, -0.15) is 0 Å². The molecular formula is C18H16ClN5O. The summed E-state index contributed by atoms with van der Waals surface area (Å²) in [4.78, 5) is 22.4. The van der Waals surface area contributed by atoms with Crippen molar-refractivity contribution in [3.8, 4) is 11.3 Å². The van der Waals surface area contributed by atoms with Crippen LogP contribution in [-0.2, 0) is 0 Å². The Bertz CT molecular complexity index is 986. The van der Waals surface area contributed by atoms with Gasteiger partial charge in [-0.25, -0.2) is 4.98 Å². The van der Waals surface area contributed by atoms with Gasteiger partial charge in [0.1, 0.15) is 5.69 Å². The lowest BCUT2D eigenvalue weighted by atomic mass is 10.1. The van der Waals surface area contributed by atoms with Crippen molar-refractivity contribution in [3.05, 3.63) is 66.5 Å². The van der Waals surface area contributed by atoms with Gasteiger partial charge in [-0.1, -0.05) is 30.3 Å². The zero-order valence-electron chi connectivity index (χ0n) is 13.1. The monoisotopic (exact) mass is 353 g/mol. The molecule has 0 unspecified atom stereocenters. The van der Waals surface area contributed by atoms with Crippen molar-refractivity contribution >= 4 is 40.9 Å². The molecule has 0 aliphatic rings. The number of halogens is 1. The first-order valence-corrected chi connectivity index (χ1v) is 7.49. The van der Waals surface area contributed by atoms with Gasteiger partial charge < -0.3 is 21.0 Å². The van der Waals surface area contributed by atoms with Crippen molar-refractivity contribution in [2.75, 3.05) is 11.1 Å². The van der Waals surface area contributed by atoms with Crippen LogP contribution in [0.4, 0.5) is 11.6 Å². The van der Waals surface area contributed by atoms with Gasteiger partial charge in [-0.3, -0.25) is 4.79 Å². The summed E-state index contributed by atoms with van der Waals surface area (Å²) in [6.45, 7) is 0. The van der Waals surface area contributed by atoms with Crippen molar-refractivity contribution < 1.29 is 4.79 Å². The number of benzene rings is 2. The van der Waals surface area contributed by atoms with Crippen molar-refractivity contribution in [2.24, 2.45) is 0 Å². The van der Waals surface area contributed by atoms with E-state index in [0.29, 0.717) is 11.6 Å². The fourth-order valence-electron chi connectivity index (χ4n) is 2.61. The van der Waals surface area contributed by atoms with Gasteiger partial charge in [-0.15, -0.1) is 12.4 Å². The summed E-state index contributed by atoms with van der Waals surface area (Å²) in [5.74, 6) is 0.200. The Balaban J connectivity index is 0.00000182. The number of para-hydroxylation sites is 1.